The fourth-order valence-corrected chi connectivity index (χ4v) is 1.64. The Morgan fingerprint density at radius 1 is 1.62 bits per heavy atom. The number of carbonyl (C=O) groups excluding carboxylic acids is 1. The zero-order valence-electron chi connectivity index (χ0n) is 9.96. The molecule has 1 N–H and O–H groups in total. The SMILES string of the molecule is Cc1cc(C)n(CCCNC(=O)C(C)Br)n1. The van der Waals surface area contributed by atoms with E-state index in [2.05, 4.69) is 32.4 Å². The predicted octanol–water partition coefficient (Wildman–Crippen LogP) is 1.79. The van der Waals surface area contributed by atoms with Gasteiger partial charge in [-0.1, -0.05) is 15.9 Å². The second-order valence-corrected chi connectivity index (χ2v) is 5.28. The number of hydrogen-bond acceptors (Lipinski definition) is 2. The van der Waals surface area contributed by atoms with Gasteiger partial charge in [-0.25, -0.2) is 0 Å². The number of carbonyl (C=O) groups is 1. The van der Waals surface area contributed by atoms with Gasteiger partial charge in [-0.2, -0.15) is 5.10 Å². The fourth-order valence-electron chi connectivity index (χ4n) is 1.48. The first kappa shape index (κ1) is 13.2. The Morgan fingerprint density at radius 2 is 2.31 bits per heavy atom. The van der Waals surface area contributed by atoms with Crippen molar-refractivity contribution in [1.29, 1.82) is 0 Å². The Bertz CT molecular complexity index is 360. The monoisotopic (exact) mass is 287 g/mol. The Hall–Kier alpha value is -0.840. The van der Waals surface area contributed by atoms with Gasteiger partial charge in [0.2, 0.25) is 5.91 Å². The number of nitrogens with one attached hydrogen (secondary N) is 1. The molecule has 1 rings (SSSR count). The van der Waals surface area contributed by atoms with E-state index < -0.39 is 0 Å². The molecular weight excluding hydrogens is 270 g/mol. The number of alkyl halides is 1. The summed E-state index contributed by atoms with van der Waals surface area (Å²) >= 11 is 3.22. The van der Waals surface area contributed by atoms with Crippen molar-refractivity contribution in [3.05, 3.63) is 17.5 Å². The largest absolute Gasteiger partial charge is 0.355 e. The predicted molar refractivity (Wildman–Crippen MR) is 67.7 cm³/mol. The van der Waals surface area contributed by atoms with Crippen molar-refractivity contribution in [2.75, 3.05) is 6.54 Å². The molecule has 1 aromatic rings. The molecule has 16 heavy (non-hydrogen) atoms. The summed E-state index contributed by atoms with van der Waals surface area (Å²) in [5.41, 5.74) is 2.20. The van der Waals surface area contributed by atoms with Gasteiger partial charge in [0.05, 0.1) is 10.5 Å². The van der Waals surface area contributed by atoms with Crippen LogP contribution in [0.3, 0.4) is 0 Å². The van der Waals surface area contributed by atoms with Crippen LogP contribution in [0.5, 0.6) is 0 Å². The molecule has 1 aromatic heterocycles. The normalized spacial score (nSPS) is 12.5. The van der Waals surface area contributed by atoms with Gasteiger partial charge in [0.25, 0.3) is 0 Å². The lowest BCUT2D eigenvalue weighted by Gasteiger charge is -2.07. The maximum Gasteiger partial charge on any atom is 0.233 e. The number of hydrogen-bond donors (Lipinski definition) is 1. The summed E-state index contributed by atoms with van der Waals surface area (Å²) in [4.78, 5) is 11.1. The second-order valence-electron chi connectivity index (χ2n) is 3.91. The summed E-state index contributed by atoms with van der Waals surface area (Å²) in [6, 6.07) is 2.05. The van der Waals surface area contributed by atoms with Gasteiger partial charge in [0, 0.05) is 18.8 Å². The average molecular weight is 288 g/mol. The first-order chi connectivity index (χ1) is 7.50. The third-order valence-corrected chi connectivity index (χ3v) is 2.73. The number of halogens is 1. The molecule has 90 valence electrons. The van der Waals surface area contributed by atoms with Gasteiger partial charge in [0.1, 0.15) is 0 Å². The number of aromatic nitrogens is 2. The maximum absolute atomic E-state index is 11.2. The minimum atomic E-state index is -0.124. The summed E-state index contributed by atoms with van der Waals surface area (Å²) in [5, 5.41) is 7.21. The number of nitrogens with zero attached hydrogens (tertiary/aromatic N) is 2. The summed E-state index contributed by atoms with van der Waals surface area (Å²) in [6.07, 6.45) is 0.896. The van der Waals surface area contributed by atoms with Crippen LogP contribution in [0.25, 0.3) is 0 Å². The highest BCUT2D eigenvalue weighted by atomic mass is 79.9. The van der Waals surface area contributed by atoms with Gasteiger partial charge < -0.3 is 5.32 Å². The molecular formula is C11H18BrN3O. The van der Waals surface area contributed by atoms with Crippen molar-refractivity contribution in [2.45, 2.75) is 38.6 Å². The van der Waals surface area contributed by atoms with Crippen LogP contribution in [0.2, 0.25) is 0 Å². The Labute approximate surface area is 105 Å². The molecule has 0 aliphatic heterocycles. The van der Waals surface area contributed by atoms with Crippen LogP contribution in [0.1, 0.15) is 24.7 Å². The Morgan fingerprint density at radius 3 is 2.81 bits per heavy atom. The van der Waals surface area contributed by atoms with E-state index in [9.17, 15) is 4.79 Å². The van der Waals surface area contributed by atoms with Gasteiger partial charge in [-0.3, -0.25) is 9.48 Å². The Kier molecular flexibility index (Phi) is 4.99. The van der Waals surface area contributed by atoms with Crippen molar-refractivity contribution in [3.63, 3.8) is 0 Å². The maximum atomic E-state index is 11.2. The summed E-state index contributed by atoms with van der Waals surface area (Å²) < 4.78 is 1.97. The molecule has 1 atom stereocenters. The van der Waals surface area contributed by atoms with E-state index in [1.165, 1.54) is 0 Å². The van der Waals surface area contributed by atoms with Gasteiger partial charge in [-0.15, -0.1) is 0 Å². The van der Waals surface area contributed by atoms with Crippen LogP contribution in [-0.4, -0.2) is 27.1 Å². The fraction of sp³-hybridized carbons (Fsp3) is 0.636. The molecule has 0 saturated carbocycles. The quantitative estimate of drug-likeness (QED) is 0.663. The van der Waals surface area contributed by atoms with E-state index >= 15 is 0 Å². The highest BCUT2D eigenvalue weighted by molar-refractivity contribution is 9.10. The van der Waals surface area contributed by atoms with Crippen molar-refractivity contribution in [3.8, 4) is 0 Å². The molecule has 0 spiro atoms. The summed E-state index contributed by atoms with van der Waals surface area (Å²) in [6.45, 7) is 7.37. The molecule has 0 aliphatic carbocycles. The van der Waals surface area contributed by atoms with E-state index in [1.54, 1.807) is 0 Å². The Balaban J connectivity index is 2.26. The van der Waals surface area contributed by atoms with Crippen molar-refractivity contribution >= 4 is 21.8 Å². The lowest BCUT2D eigenvalue weighted by atomic mass is 10.3. The second kappa shape index (κ2) is 6.03. The first-order valence-corrected chi connectivity index (χ1v) is 6.35. The molecule has 1 amide bonds. The highest BCUT2D eigenvalue weighted by Gasteiger charge is 2.07. The zero-order chi connectivity index (χ0) is 12.1. The lowest BCUT2D eigenvalue weighted by Crippen LogP contribution is -2.30. The average Bonchev–Trinajstić information content (AvgIpc) is 2.51. The third kappa shape index (κ3) is 3.96. The standard InChI is InChI=1S/C11H18BrN3O/c1-8-7-9(2)15(14-8)6-4-5-13-11(16)10(3)12/h7,10H,4-6H2,1-3H3,(H,13,16). The van der Waals surface area contributed by atoms with Gasteiger partial charge >= 0.3 is 0 Å². The van der Waals surface area contributed by atoms with E-state index in [0.29, 0.717) is 6.54 Å². The molecule has 5 heteroatoms. The smallest absolute Gasteiger partial charge is 0.233 e. The first-order valence-electron chi connectivity index (χ1n) is 5.43. The molecule has 0 aromatic carbocycles. The van der Waals surface area contributed by atoms with Crippen LogP contribution in [0.15, 0.2) is 6.07 Å². The molecule has 1 heterocycles. The molecule has 0 fully saturated rings. The molecule has 0 aliphatic rings. The van der Waals surface area contributed by atoms with Crippen LogP contribution in [0.4, 0.5) is 0 Å². The van der Waals surface area contributed by atoms with Crippen molar-refractivity contribution < 1.29 is 4.79 Å². The third-order valence-electron chi connectivity index (χ3n) is 2.31. The topological polar surface area (TPSA) is 46.9 Å². The van der Waals surface area contributed by atoms with Gasteiger partial charge in [-0.05, 0) is 33.3 Å². The van der Waals surface area contributed by atoms with Crippen LogP contribution >= 0.6 is 15.9 Å². The summed E-state index contributed by atoms with van der Waals surface area (Å²) in [7, 11) is 0. The van der Waals surface area contributed by atoms with E-state index in [0.717, 1.165) is 24.4 Å². The molecule has 1 unspecified atom stereocenters. The number of aryl methyl sites for hydroxylation is 3. The zero-order valence-corrected chi connectivity index (χ0v) is 11.5. The minimum Gasteiger partial charge on any atom is -0.355 e. The van der Waals surface area contributed by atoms with Crippen LogP contribution < -0.4 is 5.32 Å². The highest BCUT2D eigenvalue weighted by Crippen LogP contribution is 2.02. The molecule has 0 radical (unpaired) electrons. The van der Waals surface area contributed by atoms with Crippen LogP contribution in [0, 0.1) is 13.8 Å². The molecule has 0 saturated heterocycles. The van der Waals surface area contributed by atoms with Crippen molar-refractivity contribution in [1.82, 2.24) is 15.1 Å². The summed E-state index contributed by atoms with van der Waals surface area (Å²) in [5.74, 6) is 0.0355. The number of rotatable bonds is 5. The van der Waals surface area contributed by atoms with E-state index in [-0.39, 0.29) is 10.7 Å². The molecule has 4 nitrogen and oxygen atoms in total. The van der Waals surface area contributed by atoms with E-state index in [1.807, 2.05) is 25.5 Å². The van der Waals surface area contributed by atoms with Crippen LogP contribution in [-0.2, 0) is 11.3 Å². The minimum absolute atomic E-state index is 0.0355. The lowest BCUT2D eigenvalue weighted by molar-refractivity contribution is -0.120. The van der Waals surface area contributed by atoms with Crippen molar-refractivity contribution in [2.24, 2.45) is 0 Å². The number of amides is 1. The van der Waals surface area contributed by atoms with E-state index in [4.69, 9.17) is 0 Å². The van der Waals surface area contributed by atoms with Gasteiger partial charge in [0.15, 0.2) is 0 Å². The molecule has 0 bridgehead atoms.